The van der Waals surface area contributed by atoms with Crippen LogP contribution in [0.1, 0.15) is 23.0 Å². The average Bonchev–Trinajstić information content (AvgIpc) is 3.73. The normalized spacial score (nSPS) is 12.2. The first-order valence-electron chi connectivity index (χ1n) is 12.6. The molecule has 204 valence electrons. The molecule has 10 nitrogen and oxygen atoms in total. The Kier molecular flexibility index (Phi) is 7.24. The molecule has 0 aliphatic carbocycles. The molecule has 0 aliphatic rings. The summed E-state index contributed by atoms with van der Waals surface area (Å²) in [4.78, 5) is 21.2. The molecule has 3 heterocycles. The average molecular weight is 584 g/mol. The lowest BCUT2D eigenvalue weighted by molar-refractivity contribution is -0.117. The van der Waals surface area contributed by atoms with E-state index in [0.717, 1.165) is 27.7 Å². The van der Waals surface area contributed by atoms with Gasteiger partial charge in [-0.3, -0.25) is 9.89 Å². The van der Waals surface area contributed by atoms with E-state index >= 15 is 0 Å². The molecular formula is C29H23Cl2N9O. The number of nitrogens with zero attached hydrogens (tertiary/aromatic N) is 5. The molecule has 12 heteroatoms. The van der Waals surface area contributed by atoms with Gasteiger partial charge in [-0.05, 0) is 48.4 Å². The molecule has 41 heavy (non-hydrogen) atoms. The van der Waals surface area contributed by atoms with E-state index in [-0.39, 0.29) is 5.91 Å². The molecular weight excluding hydrogens is 561 g/mol. The second kappa shape index (κ2) is 11.3. The Morgan fingerprint density at radius 3 is 2.76 bits per heavy atom. The van der Waals surface area contributed by atoms with Crippen LogP contribution in [-0.4, -0.2) is 41.1 Å². The largest absolute Gasteiger partial charge is 0.382 e. The molecule has 0 radical (unpaired) electrons. The molecule has 1 amide bonds. The van der Waals surface area contributed by atoms with Crippen molar-refractivity contribution in [2.24, 2.45) is 0 Å². The summed E-state index contributed by atoms with van der Waals surface area (Å²) in [5.74, 6) is 0.620. The van der Waals surface area contributed by atoms with Crippen molar-refractivity contribution in [3.05, 3.63) is 112 Å². The fraction of sp³-hybridized carbons (Fsp3) is 0.0690. The number of nitrogens with one attached hydrogen (secondary N) is 3. The van der Waals surface area contributed by atoms with Crippen molar-refractivity contribution in [3.63, 3.8) is 0 Å². The second-order valence-corrected chi connectivity index (χ2v) is 10.1. The number of H-pyrrole nitrogens is 2. The van der Waals surface area contributed by atoms with Gasteiger partial charge in [-0.2, -0.15) is 5.10 Å². The predicted octanol–water partition coefficient (Wildman–Crippen LogP) is 5.54. The van der Waals surface area contributed by atoms with Gasteiger partial charge in [0.1, 0.15) is 16.7 Å². The highest BCUT2D eigenvalue weighted by atomic mass is 35.5. The number of nitrogen functional groups attached to an aromatic ring is 1. The van der Waals surface area contributed by atoms with Crippen molar-refractivity contribution in [2.75, 3.05) is 5.73 Å². The van der Waals surface area contributed by atoms with E-state index in [1.54, 1.807) is 35.3 Å². The lowest BCUT2D eigenvalue weighted by atomic mass is 10.1. The lowest BCUT2D eigenvalue weighted by Gasteiger charge is -2.16. The lowest BCUT2D eigenvalue weighted by Crippen LogP contribution is -2.29. The zero-order valence-electron chi connectivity index (χ0n) is 21.4. The summed E-state index contributed by atoms with van der Waals surface area (Å²) >= 11 is 12.9. The number of hydrogen-bond acceptors (Lipinski definition) is 6. The maximum atomic E-state index is 13.2. The monoisotopic (exact) mass is 583 g/mol. The summed E-state index contributed by atoms with van der Waals surface area (Å²) in [6.07, 6.45) is 6.92. The molecule has 3 aromatic carbocycles. The Morgan fingerprint density at radius 1 is 1.10 bits per heavy atom. The molecule has 0 fully saturated rings. The van der Waals surface area contributed by atoms with Gasteiger partial charge in [-0.25, -0.2) is 9.67 Å². The van der Waals surface area contributed by atoms with E-state index in [9.17, 15) is 4.79 Å². The molecule has 5 N–H and O–H groups in total. The van der Waals surface area contributed by atoms with Crippen LogP contribution in [0, 0.1) is 0 Å². The Labute approximate surface area is 244 Å². The van der Waals surface area contributed by atoms with Gasteiger partial charge in [0.05, 0.1) is 29.6 Å². The van der Waals surface area contributed by atoms with Crippen LogP contribution in [-0.2, 0) is 11.2 Å². The van der Waals surface area contributed by atoms with E-state index < -0.39 is 6.04 Å². The van der Waals surface area contributed by atoms with E-state index in [1.165, 1.54) is 6.08 Å². The van der Waals surface area contributed by atoms with Crippen molar-refractivity contribution < 1.29 is 4.79 Å². The third kappa shape index (κ3) is 5.69. The van der Waals surface area contributed by atoms with Crippen LogP contribution in [0.3, 0.4) is 0 Å². The van der Waals surface area contributed by atoms with Crippen molar-refractivity contribution >= 4 is 51.9 Å². The molecule has 0 aliphatic heterocycles. The van der Waals surface area contributed by atoms with Gasteiger partial charge in [-0.1, -0.05) is 64.8 Å². The van der Waals surface area contributed by atoms with Crippen LogP contribution >= 0.6 is 23.2 Å². The van der Waals surface area contributed by atoms with Crippen LogP contribution in [0.4, 0.5) is 5.82 Å². The summed E-state index contributed by atoms with van der Waals surface area (Å²) in [6, 6.07) is 20.3. The second-order valence-electron chi connectivity index (χ2n) is 9.29. The standard InChI is InChI=1S/C29H23Cl2N9O/c30-20-8-10-24(40-13-12-33-39-40)18(15-20)7-11-25(41)34-23(14-17-4-2-1-3-5-17)29-35-26(27(31)36-29)19-6-9-21-22(16-19)37-38-28(21)32/h1-13,15-16,23H,14H2,(H,34,41)(H,35,36)(H3,32,37,38)/b11-7+/t23-/m0/s1. The quantitative estimate of drug-likeness (QED) is 0.173. The van der Waals surface area contributed by atoms with Gasteiger partial charge >= 0.3 is 0 Å². The van der Waals surface area contributed by atoms with Gasteiger partial charge in [0, 0.05) is 27.6 Å². The van der Waals surface area contributed by atoms with Crippen molar-refractivity contribution in [1.82, 2.24) is 40.5 Å². The predicted molar refractivity (Wildman–Crippen MR) is 160 cm³/mol. The number of anilines is 1. The number of aromatic nitrogens is 7. The van der Waals surface area contributed by atoms with Gasteiger partial charge in [0.15, 0.2) is 5.82 Å². The minimum atomic E-state index is -0.499. The summed E-state index contributed by atoms with van der Waals surface area (Å²) in [6.45, 7) is 0. The van der Waals surface area contributed by atoms with E-state index in [0.29, 0.717) is 39.5 Å². The molecule has 0 saturated carbocycles. The number of nitrogens with two attached hydrogens (primary N) is 1. The maximum absolute atomic E-state index is 13.2. The van der Waals surface area contributed by atoms with Crippen LogP contribution in [0.2, 0.25) is 10.2 Å². The fourth-order valence-corrected chi connectivity index (χ4v) is 5.00. The molecule has 0 spiro atoms. The van der Waals surface area contributed by atoms with Gasteiger partial charge in [0.25, 0.3) is 0 Å². The fourth-order valence-electron chi connectivity index (χ4n) is 4.57. The highest BCUT2D eigenvalue weighted by Crippen LogP contribution is 2.31. The maximum Gasteiger partial charge on any atom is 0.244 e. The number of rotatable bonds is 8. The topological polar surface area (TPSA) is 143 Å². The highest BCUT2D eigenvalue weighted by Gasteiger charge is 2.21. The third-order valence-corrected chi connectivity index (χ3v) is 7.05. The summed E-state index contributed by atoms with van der Waals surface area (Å²) in [5, 5.41) is 19.6. The SMILES string of the molecule is Nc1n[nH]c2cc(-c3nc([C@H](Cc4ccccc4)NC(=O)/C=C/c4cc(Cl)ccc4-n4ccnn4)[nH]c3Cl)ccc12. The highest BCUT2D eigenvalue weighted by molar-refractivity contribution is 6.32. The number of fused-ring (bicyclic) bond motifs is 1. The number of imidazole rings is 1. The van der Waals surface area contributed by atoms with Crippen LogP contribution in [0.15, 0.2) is 85.2 Å². The first kappa shape index (κ1) is 26.3. The molecule has 6 rings (SSSR count). The Bertz CT molecular complexity index is 1860. The summed E-state index contributed by atoms with van der Waals surface area (Å²) in [7, 11) is 0. The molecule has 6 aromatic rings. The number of carbonyl (C=O) groups excluding carboxylic acids is 1. The van der Waals surface area contributed by atoms with Crippen molar-refractivity contribution in [3.8, 4) is 16.9 Å². The Balaban J connectivity index is 1.29. The molecule has 0 unspecified atom stereocenters. The minimum absolute atomic E-state index is 0.320. The molecule has 0 saturated heterocycles. The van der Waals surface area contributed by atoms with E-state index in [2.05, 4.69) is 30.8 Å². The van der Waals surface area contributed by atoms with Crippen molar-refractivity contribution in [2.45, 2.75) is 12.5 Å². The molecule has 3 aromatic heterocycles. The first-order chi connectivity index (χ1) is 19.9. The molecule has 0 bridgehead atoms. The van der Waals surface area contributed by atoms with Crippen molar-refractivity contribution in [1.29, 1.82) is 0 Å². The van der Waals surface area contributed by atoms with E-state index in [1.807, 2.05) is 54.6 Å². The Hall–Kier alpha value is -4.93. The van der Waals surface area contributed by atoms with Gasteiger partial charge in [0.2, 0.25) is 5.91 Å². The number of halogens is 2. The van der Waals surface area contributed by atoms with Crippen LogP contribution in [0.25, 0.3) is 33.9 Å². The van der Waals surface area contributed by atoms with E-state index in [4.69, 9.17) is 33.9 Å². The Morgan fingerprint density at radius 2 is 1.95 bits per heavy atom. The first-order valence-corrected chi connectivity index (χ1v) is 13.4. The number of aromatic amines is 2. The van der Waals surface area contributed by atoms with Crippen LogP contribution < -0.4 is 11.1 Å². The third-order valence-electron chi connectivity index (χ3n) is 6.55. The number of hydrogen-bond donors (Lipinski definition) is 4. The minimum Gasteiger partial charge on any atom is -0.382 e. The zero-order chi connectivity index (χ0) is 28.3. The van der Waals surface area contributed by atoms with Crippen LogP contribution in [0.5, 0.6) is 0 Å². The summed E-state index contributed by atoms with van der Waals surface area (Å²) < 4.78 is 1.60. The number of carbonyl (C=O) groups is 1. The smallest absolute Gasteiger partial charge is 0.244 e. The molecule has 1 atom stereocenters. The summed E-state index contributed by atoms with van der Waals surface area (Å²) in [5.41, 5.74) is 10.5. The zero-order valence-corrected chi connectivity index (χ0v) is 22.9. The van der Waals surface area contributed by atoms with Gasteiger partial charge in [-0.15, -0.1) is 5.10 Å². The van der Waals surface area contributed by atoms with Gasteiger partial charge < -0.3 is 16.0 Å². The number of benzene rings is 3. The number of amides is 1.